The molecule has 1 aliphatic rings. The Hall–Kier alpha value is -1.89. The lowest BCUT2D eigenvalue weighted by atomic mass is 10.00. The Balaban J connectivity index is 1.95. The van der Waals surface area contributed by atoms with E-state index in [1.807, 2.05) is 24.3 Å². The Morgan fingerprint density at radius 3 is 2.90 bits per heavy atom. The van der Waals surface area contributed by atoms with Gasteiger partial charge in [-0.15, -0.1) is 0 Å². The molecule has 0 saturated heterocycles. The highest BCUT2D eigenvalue weighted by molar-refractivity contribution is 6.30. The average Bonchev–Trinajstić information content (AvgIpc) is 3.29. The zero-order valence-electron chi connectivity index (χ0n) is 10.9. The minimum absolute atomic E-state index is 0.568. The number of hydrogen-bond acceptors (Lipinski definition) is 3. The van der Waals surface area contributed by atoms with Crippen molar-refractivity contribution in [3.8, 4) is 17.2 Å². The van der Waals surface area contributed by atoms with Crippen molar-refractivity contribution in [3.05, 3.63) is 52.8 Å². The maximum Gasteiger partial charge on any atom is 0.101 e. The number of nitrogens with one attached hydrogen (secondary N) is 1. The van der Waals surface area contributed by atoms with Gasteiger partial charge in [0.25, 0.3) is 0 Å². The van der Waals surface area contributed by atoms with Crippen molar-refractivity contribution < 1.29 is 0 Å². The normalized spacial score (nSPS) is 14.0. The Labute approximate surface area is 123 Å². The highest BCUT2D eigenvalue weighted by Gasteiger charge is 2.20. The second-order valence-electron chi connectivity index (χ2n) is 5.03. The van der Waals surface area contributed by atoms with Crippen LogP contribution in [0, 0.1) is 11.3 Å². The summed E-state index contributed by atoms with van der Waals surface area (Å²) in [6.45, 7) is 0.789. The topological polar surface area (TPSA) is 48.7 Å². The van der Waals surface area contributed by atoms with Gasteiger partial charge in [-0.05, 0) is 42.2 Å². The van der Waals surface area contributed by atoms with Crippen molar-refractivity contribution in [1.82, 2.24) is 10.3 Å². The number of benzene rings is 1. The summed E-state index contributed by atoms with van der Waals surface area (Å²) in [7, 11) is 0. The number of rotatable bonds is 4. The van der Waals surface area contributed by atoms with Crippen molar-refractivity contribution in [2.45, 2.75) is 25.4 Å². The molecular formula is C16H14ClN3. The highest BCUT2D eigenvalue weighted by atomic mass is 35.5. The molecule has 1 saturated carbocycles. The summed E-state index contributed by atoms with van der Waals surface area (Å²) < 4.78 is 0. The molecule has 1 aliphatic carbocycles. The van der Waals surface area contributed by atoms with Crippen LogP contribution in [-0.4, -0.2) is 11.0 Å². The van der Waals surface area contributed by atoms with Crippen LogP contribution in [0.15, 0.2) is 36.7 Å². The van der Waals surface area contributed by atoms with Crippen molar-refractivity contribution in [2.75, 3.05) is 0 Å². The number of halogens is 1. The second-order valence-corrected chi connectivity index (χ2v) is 5.47. The molecule has 0 amide bonds. The van der Waals surface area contributed by atoms with Gasteiger partial charge in [0.15, 0.2) is 0 Å². The summed E-state index contributed by atoms with van der Waals surface area (Å²) in [4.78, 5) is 4.13. The Kier molecular flexibility index (Phi) is 3.68. The molecule has 1 N–H and O–H groups in total. The Morgan fingerprint density at radius 1 is 1.30 bits per heavy atom. The molecule has 100 valence electrons. The first-order chi connectivity index (χ1) is 9.76. The minimum Gasteiger partial charge on any atom is -0.310 e. The van der Waals surface area contributed by atoms with E-state index in [1.54, 1.807) is 12.4 Å². The number of nitrogens with zero attached hydrogens (tertiary/aromatic N) is 2. The van der Waals surface area contributed by atoms with E-state index in [4.69, 9.17) is 16.9 Å². The molecule has 0 unspecified atom stereocenters. The van der Waals surface area contributed by atoms with Crippen molar-refractivity contribution >= 4 is 11.6 Å². The molecule has 20 heavy (non-hydrogen) atoms. The van der Waals surface area contributed by atoms with Crippen LogP contribution in [0.2, 0.25) is 5.02 Å². The van der Waals surface area contributed by atoms with Crippen LogP contribution < -0.4 is 5.32 Å². The van der Waals surface area contributed by atoms with Gasteiger partial charge in [-0.2, -0.15) is 5.26 Å². The fourth-order valence-corrected chi connectivity index (χ4v) is 2.37. The van der Waals surface area contributed by atoms with Gasteiger partial charge in [0.05, 0.1) is 5.56 Å². The molecule has 1 aromatic carbocycles. The third-order valence-corrected chi connectivity index (χ3v) is 3.64. The molecule has 1 fully saturated rings. The van der Waals surface area contributed by atoms with E-state index >= 15 is 0 Å². The van der Waals surface area contributed by atoms with Crippen molar-refractivity contribution in [2.24, 2.45) is 0 Å². The summed E-state index contributed by atoms with van der Waals surface area (Å²) in [5.41, 5.74) is 3.74. The number of pyridine rings is 1. The first-order valence-electron chi connectivity index (χ1n) is 6.63. The van der Waals surface area contributed by atoms with E-state index in [0.29, 0.717) is 11.6 Å². The van der Waals surface area contributed by atoms with Gasteiger partial charge in [-0.25, -0.2) is 0 Å². The molecule has 0 spiro atoms. The first-order valence-corrected chi connectivity index (χ1v) is 7.01. The second kappa shape index (κ2) is 5.62. The van der Waals surface area contributed by atoms with Gasteiger partial charge in [-0.3, -0.25) is 4.98 Å². The molecule has 2 aromatic rings. The monoisotopic (exact) mass is 283 g/mol. The number of hydrogen-bond donors (Lipinski definition) is 1. The predicted octanol–water partition coefficient (Wildman–Crippen LogP) is 3.53. The smallest absolute Gasteiger partial charge is 0.101 e. The molecule has 0 aliphatic heterocycles. The molecule has 3 nitrogen and oxygen atoms in total. The molecule has 0 radical (unpaired) electrons. The minimum atomic E-state index is 0.568. The lowest BCUT2D eigenvalue weighted by molar-refractivity contribution is 0.689. The largest absolute Gasteiger partial charge is 0.310 e. The molecule has 1 aromatic heterocycles. The lowest BCUT2D eigenvalue weighted by Gasteiger charge is -2.11. The van der Waals surface area contributed by atoms with Crippen LogP contribution in [-0.2, 0) is 6.54 Å². The zero-order chi connectivity index (χ0) is 13.9. The zero-order valence-corrected chi connectivity index (χ0v) is 11.7. The molecule has 3 rings (SSSR count). The summed E-state index contributed by atoms with van der Waals surface area (Å²) in [5.74, 6) is 0. The van der Waals surface area contributed by atoms with Crippen LogP contribution in [0.3, 0.4) is 0 Å². The van der Waals surface area contributed by atoms with Gasteiger partial charge in [0.1, 0.15) is 6.07 Å². The van der Waals surface area contributed by atoms with Crippen LogP contribution >= 0.6 is 11.6 Å². The highest BCUT2D eigenvalue weighted by Crippen LogP contribution is 2.28. The van der Waals surface area contributed by atoms with Crippen LogP contribution in [0.4, 0.5) is 0 Å². The summed E-state index contributed by atoms with van der Waals surface area (Å²) in [6, 6.07) is 10.5. The molecule has 0 bridgehead atoms. The maximum absolute atomic E-state index is 8.98. The van der Waals surface area contributed by atoms with Gasteiger partial charge < -0.3 is 5.32 Å². The van der Waals surface area contributed by atoms with E-state index < -0.39 is 0 Å². The standard InChI is InChI=1S/C16H14ClN3/c17-14-1-4-16(12-5-11(7-18)8-19-9-12)13(6-14)10-20-15-2-3-15/h1,4-6,8-9,15,20H,2-3,10H2. The summed E-state index contributed by atoms with van der Waals surface area (Å²) in [5, 5.41) is 13.2. The fraction of sp³-hybridized carbons (Fsp3) is 0.250. The van der Waals surface area contributed by atoms with Gasteiger partial charge in [-0.1, -0.05) is 17.7 Å². The van der Waals surface area contributed by atoms with Crippen LogP contribution in [0.5, 0.6) is 0 Å². The summed E-state index contributed by atoms with van der Waals surface area (Å²) in [6.07, 6.45) is 5.86. The van der Waals surface area contributed by atoms with E-state index in [-0.39, 0.29) is 0 Å². The average molecular weight is 284 g/mol. The van der Waals surface area contributed by atoms with Crippen molar-refractivity contribution in [3.63, 3.8) is 0 Å². The Morgan fingerprint density at radius 2 is 2.15 bits per heavy atom. The predicted molar refractivity (Wildman–Crippen MR) is 79.3 cm³/mol. The molecule has 4 heteroatoms. The first kappa shape index (κ1) is 13.1. The van der Waals surface area contributed by atoms with E-state index in [1.165, 1.54) is 12.8 Å². The maximum atomic E-state index is 8.98. The van der Waals surface area contributed by atoms with E-state index in [2.05, 4.69) is 16.4 Å². The van der Waals surface area contributed by atoms with Gasteiger partial charge >= 0.3 is 0 Å². The van der Waals surface area contributed by atoms with E-state index in [0.717, 1.165) is 28.3 Å². The molecule has 0 atom stereocenters. The van der Waals surface area contributed by atoms with E-state index in [9.17, 15) is 0 Å². The van der Waals surface area contributed by atoms with Crippen LogP contribution in [0.25, 0.3) is 11.1 Å². The number of aromatic nitrogens is 1. The third kappa shape index (κ3) is 2.98. The number of nitriles is 1. The molecule has 1 heterocycles. The van der Waals surface area contributed by atoms with Gasteiger partial charge in [0, 0.05) is 35.6 Å². The van der Waals surface area contributed by atoms with Crippen LogP contribution in [0.1, 0.15) is 24.0 Å². The lowest BCUT2D eigenvalue weighted by Crippen LogP contribution is -2.15. The third-order valence-electron chi connectivity index (χ3n) is 3.40. The molecular weight excluding hydrogens is 270 g/mol. The fourth-order valence-electron chi connectivity index (χ4n) is 2.18. The van der Waals surface area contributed by atoms with Gasteiger partial charge in [0.2, 0.25) is 0 Å². The summed E-state index contributed by atoms with van der Waals surface area (Å²) >= 11 is 6.10. The van der Waals surface area contributed by atoms with Crippen molar-refractivity contribution in [1.29, 1.82) is 5.26 Å². The quantitative estimate of drug-likeness (QED) is 0.934. The SMILES string of the molecule is N#Cc1cncc(-c2ccc(Cl)cc2CNC2CC2)c1. The Bertz CT molecular complexity index is 672.